The van der Waals surface area contributed by atoms with E-state index in [0.29, 0.717) is 31.7 Å². The fraction of sp³-hybridized carbons (Fsp3) is 0.519. The zero-order chi connectivity index (χ0) is 23.0. The van der Waals surface area contributed by atoms with E-state index in [1.807, 2.05) is 35.2 Å². The first kappa shape index (κ1) is 23.4. The molecule has 176 valence electrons. The van der Waals surface area contributed by atoms with Crippen LogP contribution in [0.4, 0.5) is 5.82 Å². The van der Waals surface area contributed by atoms with Crippen LogP contribution in [0.1, 0.15) is 55.3 Å². The van der Waals surface area contributed by atoms with E-state index in [1.54, 1.807) is 0 Å². The van der Waals surface area contributed by atoms with Crippen LogP contribution in [0.25, 0.3) is 0 Å². The van der Waals surface area contributed by atoms with Crippen LogP contribution in [0, 0.1) is 5.92 Å². The Morgan fingerprint density at radius 2 is 1.88 bits per heavy atom. The van der Waals surface area contributed by atoms with E-state index in [-0.39, 0.29) is 5.92 Å². The maximum absolute atomic E-state index is 12.7. The number of likely N-dealkylation sites (tertiary alicyclic amines) is 1. The number of unbranched alkanes of at least 4 members (excludes halogenated alkanes) is 1. The number of nitrogens with zero attached hydrogens (tertiary/aromatic N) is 2. The van der Waals surface area contributed by atoms with E-state index >= 15 is 0 Å². The molecule has 2 aliphatic heterocycles. The summed E-state index contributed by atoms with van der Waals surface area (Å²) in [4.78, 5) is 31.4. The van der Waals surface area contributed by atoms with Gasteiger partial charge in [-0.25, -0.2) is 4.98 Å². The number of Topliss-reactive ketones (excluding diaryl/α,β-unsaturated/α-hetero) is 1. The van der Waals surface area contributed by atoms with Gasteiger partial charge in [-0.3, -0.25) is 14.5 Å². The molecule has 0 bridgehead atoms. The maximum Gasteiger partial charge on any atom is 0.321 e. The van der Waals surface area contributed by atoms with Crippen LogP contribution in [-0.2, 0) is 28.9 Å². The molecule has 0 radical (unpaired) electrons. The first-order valence-corrected chi connectivity index (χ1v) is 12.4. The molecular weight excluding hydrogens is 414 g/mol. The van der Waals surface area contributed by atoms with Gasteiger partial charge in [0.2, 0.25) is 0 Å². The minimum atomic E-state index is -0.783. The zero-order valence-electron chi connectivity index (χ0n) is 19.3. The summed E-state index contributed by atoms with van der Waals surface area (Å²) in [5.41, 5.74) is 3.44. The summed E-state index contributed by atoms with van der Waals surface area (Å²) < 4.78 is 0. The number of ketones is 1. The van der Waals surface area contributed by atoms with Crippen molar-refractivity contribution in [3.8, 4) is 0 Å². The second-order valence-corrected chi connectivity index (χ2v) is 9.37. The normalized spacial score (nSPS) is 17.7. The average Bonchev–Trinajstić information content (AvgIpc) is 2.85. The summed E-state index contributed by atoms with van der Waals surface area (Å²) in [6.45, 7) is 2.34. The van der Waals surface area contributed by atoms with Crippen molar-refractivity contribution in [2.24, 2.45) is 5.92 Å². The zero-order valence-corrected chi connectivity index (χ0v) is 19.3. The van der Waals surface area contributed by atoms with E-state index in [1.165, 1.54) is 12.0 Å². The SMILES string of the molecule is O=C(CCCCc1ccc2c(n1)NCCC2)C1CCN(C(Cc2ccccc2)C(=O)O)CC1. The van der Waals surface area contributed by atoms with Gasteiger partial charge in [-0.15, -0.1) is 0 Å². The molecule has 1 aromatic carbocycles. The standard InChI is InChI=1S/C27H35N3O3/c31-25(11-5-4-10-23-13-12-22-9-6-16-28-26(22)29-23)21-14-17-30(18-15-21)24(27(32)33)19-20-7-2-1-3-8-20/h1-3,7-8,12-13,21,24H,4-6,9-11,14-19H2,(H,28,29)(H,32,33). The molecule has 2 aliphatic rings. The monoisotopic (exact) mass is 449 g/mol. The Balaban J connectivity index is 1.18. The van der Waals surface area contributed by atoms with Crippen molar-refractivity contribution < 1.29 is 14.7 Å². The Kier molecular flexibility index (Phi) is 8.10. The lowest BCUT2D eigenvalue weighted by Crippen LogP contribution is -2.47. The number of aromatic nitrogens is 1. The molecule has 0 saturated carbocycles. The summed E-state index contributed by atoms with van der Waals surface area (Å²) in [7, 11) is 0. The number of hydrogen-bond donors (Lipinski definition) is 2. The summed E-state index contributed by atoms with van der Waals surface area (Å²) in [5, 5.41) is 13.1. The van der Waals surface area contributed by atoms with Crippen LogP contribution in [0.2, 0.25) is 0 Å². The number of anilines is 1. The van der Waals surface area contributed by atoms with Gasteiger partial charge in [-0.1, -0.05) is 36.4 Å². The predicted molar refractivity (Wildman–Crippen MR) is 129 cm³/mol. The molecular formula is C27H35N3O3. The minimum absolute atomic E-state index is 0.0680. The number of carboxylic acid groups (broad SMARTS) is 1. The molecule has 4 rings (SSSR count). The highest BCUT2D eigenvalue weighted by atomic mass is 16.4. The maximum atomic E-state index is 12.7. The molecule has 2 N–H and O–H groups in total. The number of hydrogen-bond acceptors (Lipinski definition) is 5. The Morgan fingerprint density at radius 3 is 2.64 bits per heavy atom. The number of piperidine rings is 1. The van der Waals surface area contributed by atoms with Crippen LogP contribution in [0.3, 0.4) is 0 Å². The van der Waals surface area contributed by atoms with Gasteiger partial charge in [0, 0.05) is 24.6 Å². The molecule has 3 heterocycles. The first-order valence-electron chi connectivity index (χ1n) is 12.4. The number of fused-ring (bicyclic) bond motifs is 1. The van der Waals surface area contributed by atoms with Crippen molar-refractivity contribution >= 4 is 17.6 Å². The van der Waals surface area contributed by atoms with E-state index in [0.717, 1.165) is 62.1 Å². The lowest BCUT2D eigenvalue weighted by molar-refractivity contribution is -0.144. The molecule has 0 aliphatic carbocycles. The number of aliphatic carboxylic acids is 1. The molecule has 33 heavy (non-hydrogen) atoms. The second-order valence-electron chi connectivity index (χ2n) is 9.37. The third kappa shape index (κ3) is 6.41. The van der Waals surface area contributed by atoms with Gasteiger partial charge in [0.15, 0.2) is 0 Å². The molecule has 0 amide bonds. The van der Waals surface area contributed by atoms with Gasteiger partial charge in [-0.05, 0) is 81.6 Å². The summed E-state index contributed by atoms with van der Waals surface area (Å²) in [5.74, 6) is 0.659. The van der Waals surface area contributed by atoms with Crippen molar-refractivity contribution in [3.63, 3.8) is 0 Å². The van der Waals surface area contributed by atoms with E-state index < -0.39 is 12.0 Å². The largest absolute Gasteiger partial charge is 0.480 e. The minimum Gasteiger partial charge on any atom is -0.480 e. The first-order chi connectivity index (χ1) is 16.1. The molecule has 1 unspecified atom stereocenters. The van der Waals surface area contributed by atoms with Crippen LogP contribution in [0.5, 0.6) is 0 Å². The summed E-state index contributed by atoms with van der Waals surface area (Å²) in [6.07, 6.45) is 7.65. The third-order valence-electron chi connectivity index (χ3n) is 7.04. The van der Waals surface area contributed by atoms with Gasteiger partial charge in [0.25, 0.3) is 0 Å². The number of carbonyl (C=O) groups excluding carboxylic acids is 1. The number of pyridine rings is 1. The molecule has 0 spiro atoms. The molecule has 1 fully saturated rings. The number of benzene rings is 1. The van der Waals surface area contributed by atoms with E-state index in [2.05, 4.69) is 17.4 Å². The number of rotatable bonds is 10. The molecule has 1 atom stereocenters. The number of nitrogens with one attached hydrogen (secondary N) is 1. The van der Waals surface area contributed by atoms with Crippen molar-refractivity contribution in [1.82, 2.24) is 9.88 Å². The second kappa shape index (κ2) is 11.4. The topological polar surface area (TPSA) is 82.5 Å². The average molecular weight is 450 g/mol. The van der Waals surface area contributed by atoms with Crippen molar-refractivity contribution in [3.05, 3.63) is 59.3 Å². The quantitative estimate of drug-likeness (QED) is 0.531. The molecule has 6 heteroatoms. The molecule has 1 saturated heterocycles. The van der Waals surface area contributed by atoms with Gasteiger partial charge >= 0.3 is 5.97 Å². The van der Waals surface area contributed by atoms with Crippen molar-refractivity contribution in [1.29, 1.82) is 0 Å². The highest BCUT2D eigenvalue weighted by Crippen LogP contribution is 2.24. The highest BCUT2D eigenvalue weighted by molar-refractivity contribution is 5.81. The smallest absolute Gasteiger partial charge is 0.321 e. The Morgan fingerprint density at radius 1 is 1.09 bits per heavy atom. The molecule has 6 nitrogen and oxygen atoms in total. The van der Waals surface area contributed by atoms with Crippen LogP contribution < -0.4 is 5.32 Å². The van der Waals surface area contributed by atoms with Crippen molar-refractivity contribution in [2.45, 2.75) is 63.8 Å². The fourth-order valence-electron chi connectivity index (χ4n) is 5.06. The van der Waals surface area contributed by atoms with E-state index in [9.17, 15) is 14.7 Å². The van der Waals surface area contributed by atoms with Gasteiger partial charge in [0.05, 0.1) is 0 Å². The summed E-state index contributed by atoms with van der Waals surface area (Å²) >= 11 is 0. The lowest BCUT2D eigenvalue weighted by Gasteiger charge is -2.35. The fourth-order valence-corrected chi connectivity index (χ4v) is 5.06. The highest BCUT2D eigenvalue weighted by Gasteiger charge is 2.31. The molecule has 1 aromatic heterocycles. The number of carboxylic acids is 1. The van der Waals surface area contributed by atoms with Gasteiger partial charge < -0.3 is 10.4 Å². The number of aryl methyl sites for hydroxylation is 2. The Bertz CT molecular complexity index is 939. The summed E-state index contributed by atoms with van der Waals surface area (Å²) in [6, 6.07) is 13.6. The van der Waals surface area contributed by atoms with Crippen LogP contribution >= 0.6 is 0 Å². The predicted octanol–water partition coefficient (Wildman–Crippen LogP) is 4.13. The number of carbonyl (C=O) groups is 2. The van der Waals surface area contributed by atoms with E-state index in [4.69, 9.17) is 4.98 Å². The Hall–Kier alpha value is -2.73. The van der Waals surface area contributed by atoms with Crippen molar-refractivity contribution in [2.75, 3.05) is 25.0 Å². The lowest BCUT2D eigenvalue weighted by atomic mass is 9.88. The van der Waals surface area contributed by atoms with Gasteiger partial charge in [0.1, 0.15) is 17.6 Å². The third-order valence-corrected chi connectivity index (χ3v) is 7.04. The molecule has 2 aromatic rings. The van der Waals surface area contributed by atoms with Crippen LogP contribution in [-0.4, -0.2) is 52.4 Å². The Labute approximate surface area is 196 Å². The van der Waals surface area contributed by atoms with Gasteiger partial charge in [-0.2, -0.15) is 0 Å². The van der Waals surface area contributed by atoms with Crippen LogP contribution in [0.15, 0.2) is 42.5 Å².